The second kappa shape index (κ2) is 5.73. The second-order valence-corrected chi connectivity index (χ2v) is 4.65. The lowest BCUT2D eigenvalue weighted by molar-refractivity contribution is -0.139. The molecule has 0 saturated heterocycles. The van der Waals surface area contributed by atoms with Crippen molar-refractivity contribution in [1.29, 1.82) is 0 Å². The minimum Gasteiger partial charge on any atom is -0.481 e. The molecule has 0 radical (unpaired) electrons. The molecule has 1 aromatic heterocycles. The number of carboxylic acid groups (broad SMARTS) is 1. The Balaban J connectivity index is 2.08. The topological polar surface area (TPSA) is 76.7 Å². The molecule has 2 aromatic carbocycles. The highest BCUT2D eigenvalue weighted by molar-refractivity contribution is 6.16. The van der Waals surface area contributed by atoms with Gasteiger partial charge in [0.25, 0.3) is 0 Å². The van der Waals surface area contributed by atoms with E-state index in [2.05, 4.69) is 0 Å². The summed E-state index contributed by atoms with van der Waals surface area (Å²) in [6, 6.07) is 13.7. The van der Waals surface area contributed by atoms with Gasteiger partial charge in [-0.15, -0.1) is 0 Å². The van der Waals surface area contributed by atoms with Gasteiger partial charge in [0.2, 0.25) is 5.78 Å². The molecule has 0 spiro atoms. The number of rotatable bonds is 5. The Morgan fingerprint density at radius 1 is 1.00 bits per heavy atom. The third-order valence-electron chi connectivity index (χ3n) is 3.22. The molecule has 1 N–H and O–H groups in total. The van der Waals surface area contributed by atoms with Crippen LogP contribution in [0.5, 0.6) is 5.75 Å². The molecule has 1 heterocycles. The number of benzene rings is 2. The van der Waals surface area contributed by atoms with Crippen molar-refractivity contribution >= 4 is 22.5 Å². The summed E-state index contributed by atoms with van der Waals surface area (Å²) in [7, 11) is 0. The van der Waals surface area contributed by atoms with Crippen LogP contribution in [0, 0.1) is 0 Å². The zero-order chi connectivity index (χ0) is 15.5. The third kappa shape index (κ3) is 2.56. The lowest BCUT2D eigenvalue weighted by Gasteiger charge is -2.10. The van der Waals surface area contributed by atoms with Crippen LogP contribution >= 0.6 is 0 Å². The number of hydrogen-bond donors (Lipinski definition) is 1. The first-order chi connectivity index (χ1) is 10.7. The van der Waals surface area contributed by atoms with Crippen LogP contribution in [0.25, 0.3) is 10.8 Å². The van der Waals surface area contributed by atoms with E-state index in [-0.39, 0.29) is 11.5 Å². The zero-order valence-electron chi connectivity index (χ0n) is 11.5. The standard InChI is InChI=1S/C17H12O5/c18-16(19)10-22-14-8-7-13(11-4-1-2-5-12(11)14)17(20)15-6-3-9-21-15/h1-9H,10H2,(H,18,19). The van der Waals surface area contributed by atoms with Crippen molar-refractivity contribution in [3.8, 4) is 5.75 Å². The minimum atomic E-state index is -1.06. The molecule has 0 atom stereocenters. The maximum Gasteiger partial charge on any atom is 0.341 e. The molecule has 3 rings (SSSR count). The van der Waals surface area contributed by atoms with Crippen LogP contribution < -0.4 is 4.74 Å². The SMILES string of the molecule is O=C(O)COc1ccc(C(=O)c2ccco2)c2ccccc12. The monoisotopic (exact) mass is 296 g/mol. The van der Waals surface area contributed by atoms with Gasteiger partial charge in [-0.05, 0) is 29.7 Å². The van der Waals surface area contributed by atoms with E-state index >= 15 is 0 Å². The summed E-state index contributed by atoms with van der Waals surface area (Å²) >= 11 is 0. The van der Waals surface area contributed by atoms with Crippen LogP contribution in [0.4, 0.5) is 0 Å². The fourth-order valence-electron chi connectivity index (χ4n) is 2.28. The number of carbonyl (C=O) groups excluding carboxylic acids is 1. The Morgan fingerprint density at radius 2 is 1.77 bits per heavy atom. The van der Waals surface area contributed by atoms with E-state index in [1.807, 2.05) is 6.07 Å². The third-order valence-corrected chi connectivity index (χ3v) is 3.22. The normalized spacial score (nSPS) is 10.5. The van der Waals surface area contributed by atoms with Gasteiger partial charge in [0.1, 0.15) is 5.75 Å². The van der Waals surface area contributed by atoms with Crippen molar-refractivity contribution in [2.45, 2.75) is 0 Å². The smallest absolute Gasteiger partial charge is 0.341 e. The number of furan rings is 1. The minimum absolute atomic E-state index is 0.231. The summed E-state index contributed by atoms with van der Waals surface area (Å²) in [5.74, 6) is -0.607. The van der Waals surface area contributed by atoms with Crippen molar-refractivity contribution in [3.05, 3.63) is 66.1 Å². The lowest BCUT2D eigenvalue weighted by atomic mass is 9.99. The summed E-state index contributed by atoms with van der Waals surface area (Å²) < 4.78 is 10.4. The quantitative estimate of drug-likeness (QED) is 0.732. The molecule has 0 aliphatic heterocycles. The molecule has 5 nitrogen and oxygen atoms in total. The van der Waals surface area contributed by atoms with Gasteiger partial charge in [0, 0.05) is 10.9 Å². The van der Waals surface area contributed by atoms with Gasteiger partial charge in [-0.2, -0.15) is 0 Å². The first kappa shape index (κ1) is 13.9. The number of hydrogen-bond acceptors (Lipinski definition) is 4. The number of ether oxygens (including phenoxy) is 1. The van der Waals surface area contributed by atoms with Crippen molar-refractivity contribution in [1.82, 2.24) is 0 Å². The molecule has 0 aliphatic rings. The lowest BCUT2D eigenvalue weighted by Crippen LogP contribution is -2.10. The van der Waals surface area contributed by atoms with Gasteiger partial charge in [-0.3, -0.25) is 4.79 Å². The number of ketones is 1. The Bertz CT molecular complexity index is 833. The summed E-state index contributed by atoms with van der Waals surface area (Å²) in [6.45, 7) is -0.435. The maximum atomic E-state index is 12.5. The summed E-state index contributed by atoms with van der Waals surface area (Å²) in [6.07, 6.45) is 1.44. The number of aliphatic carboxylic acids is 1. The molecule has 0 aliphatic carbocycles. The van der Waals surface area contributed by atoms with E-state index in [1.165, 1.54) is 6.26 Å². The summed E-state index contributed by atoms with van der Waals surface area (Å²) in [5.41, 5.74) is 0.480. The fraction of sp³-hybridized carbons (Fsp3) is 0.0588. The van der Waals surface area contributed by atoms with Crippen LogP contribution in [0.3, 0.4) is 0 Å². The molecule has 0 saturated carbocycles. The number of carbonyl (C=O) groups is 2. The molecular formula is C17H12O5. The molecular weight excluding hydrogens is 284 g/mol. The van der Waals surface area contributed by atoms with Gasteiger partial charge in [-0.1, -0.05) is 24.3 Å². The van der Waals surface area contributed by atoms with Crippen molar-refractivity contribution < 1.29 is 23.8 Å². The first-order valence-electron chi connectivity index (χ1n) is 6.61. The van der Waals surface area contributed by atoms with E-state index in [0.717, 1.165) is 0 Å². The van der Waals surface area contributed by atoms with E-state index in [4.69, 9.17) is 14.3 Å². The largest absolute Gasteiger partial charge is 0.481 e. The van der Waals surface area contributed by atoms with Crippen LogP contribution in [0.1, 0.15) is 16.1 Å². The predicted molar refractivity (Wildman–Crippen MR) is 79.2 cm³/mol. The number of fused-ring (bicyclic) bond motifs is 1. The van der Waals surface area contributed by atoms with Gasteiger partial charge < -0.3 is 14.3 Å². The van der Waals surface area contributed by atoms with Crippen LogP contribution in [-0.2, 0) is 4.79 Å². The van der Waals surface area contributed by atoms with Crippen LogP contribution in [0.2, 0.25) is 0 Å². The first-order valence-corrected chi connectivity index (χ1v) is 6.61. The van der Waals surface area contributed by atoms with Crippen molar-refractivity contribution in [3.63, 3.8) is 0 Å². The average molecular weight is 296 g/mol. The molecule has 0 unspecified atom stereocenters. The van der Waals surface area contributed by atoms with Gasteiger partial charge in [-0.25, -0.2) is 4.79 Å². The highest BCUT2D eigenvalue weighted by Crippen LogP contribution is 2.30. The van der Waals surface area contributed by atoms with Gasteiger partial charge >= 0.3 is 5.97 Å². The van der Waals surface area contributed by atoms with Gasteiger partial charge in [0.15, 0.2) is 12.4 Å². The Labute approximate surface area is 125 Å². The van der Waals surface area contributed by atoms with E-state index in [9.17, 15) is 9.59 Å². The highest BCUT2D eigenvalue weighted by atomic mass is 16.5. The summed E-state index contributed by atoms with van der Waals surface area (Å²) in [4.78, 5) is 23.1. The Kier molecular flexibility index (Phi) is 3.62. The average Bonchev–Trinajstić information content (AvgIpc) is 3.06. The molecule has 0 amide bonds. The van der Waals surface area contributed by atoms with Crippen molar-refractivity contribution in [2.75, 3.05) is 6.61 Å². The molecule has 0 bridgehead atoms. The van der Waals surface area contributed by atoms with E-state index < -0.39 is 12.6 Å². The predicted octanol–water partition coefficient (Wildman–Crippen LogP) is 3.13. The van der Waals surface area contributed by atoms with Crippen LogP contribution in [0.15, 0.2) is 59.2 Å². The fourth-order valence-corrected chi connectivity index (χ4v) is 2.28. The molecule has 3 aromatic rings. The zero-order valence-corrected chi connectivity index (χ0v) is 11.5. The van der Waals surface area contributed by atoms with E-state index in [0.29, 0.717) is 22.1 Å². The maximum absolute atomic E-state index is 12.5. The Hall–Kier alpha value is -3.08. The Morgan fingerprint density at radius 3 is 2.45 bits per heavy atom. The highest BCUT2D eigenvalue weighted by Gasteiger charge is 2.17. The van der Waals surface area contributed by atoms with Crippen LogP contribution in [-0.4, -0.2) is 23.5 Å². The molecule has 22 heavy (non-hydrogen) atoms. The van der Waals surface area contributed by atoms with E-state index in [1.54, 1.807) is 42.5 Å². The molecule has 0 fully saturated rings. The molecule has 110 valence electrons. The molecule has 5 heteroatoms. The van der Waals surface area contributed by atoms with Crippen molar-refractivity contribution in [2.24, 2.45) is 0 Å². The number of carboxylic acids is 1. The second-order valence-electron chi connectivity index (χ2n) is 4.65. The van der Waals surface area contributed by atoms with Gasteiger partial charge in [0.05, 0.1) is 6.26 Å². The summed E-state index contributed by atoms with van der Waals surface area (Å²) in [5, 5.41) is 10.1.